The van der Waals surface area contributed by atoms with Crippen LogP contribution in [0.2, 0.25) is 18.6 Å². The average Bonchev–Trinajstić information content (AvgIpc) is 3.64. The molecule has 0 aliphatic carbocycles. The molecule has 0 radical (unpaired) electrons. The fraction of sp³-hybridized carbons (Fsp3) is 0.318. The molecule has 4 heterocycles. The first-order valence-corrected chi connectivity index (χ1v) is 22.2. The lowest BCUT2D eigenvalue weighted by Crippen LogP contribution is -2.46. The fourth-order valence-electron chi connectivity index (χ4n) is 8.70. The summed E-state index contributed by atoms with van der Waals surface area (Å²) in [5.41, 5.74) is 0.994. The van der Waals surface area contributed by atoms with Crippen LogP contribution in [-0.2, 0) is 33.0 Å². The van der Waals surface area contributed by atoms with E-state index in [1.807, 2.05) is 49.4 Å². The van der Waals surface area contributed by atoms with E-state index < -0.39 is 31.5 Å². The van der Waals surface area contributed by atoms with E-state index in [1.165, 1.54) is 23.4 Å². The monoisotopic (exact) mass is 804 g/mol. The molecule has 3 aromatic carbocycles. The third kappa shape index (κ3) is 7.28. The molecule has 2 N–H and O–H groups in total. The molecule has 2 aliphatic heterocycles. The van der Waals surface area contributed by atoms with Crippen molar-refractivity contribution in [1.29, 1.82) is 0 Å². The standard InChI is InChI=1S/C44H48N4O9Si/c1-29-40(58(4,5)54)38(26-39(50)45(23-24-49)27-30-11-7-6-8-12-30)57-44(29)34-25-33(47-22-10-14-37(56-3)42(47)52)19-20-35(34)48(43(44)53)28-31-15-17-32(18-16-31)46-21-9-13-36(55-2)41(46)51/h6-22,25,29,38,40,49,54H,23-24,26-28H2,1-5H3/t29-,38+,40-,44+/m0/s1. The van der Waals surface area contributed by atoms with Crippen LogP contribution in [0.25, 0.3) is 11.4 Å². The topological polar surface area (TPSA) is 153 Å². The lowest BCUT2D eigenvalue weighted by atomic mass is 9.82. The van der Waals surface area contributed by atoms with Gasteiger partial charge in [-0.3, -0.25) is 28.3 Å². The summed E-state index contributed by atoms with van der Waals surface area (Å²) in [7, 11) is -0.290. The molecule has 1 fully saturated rings. The Labute approximate surface area is 337 Å². The van der Waals surface area contributed by atoms with Crippen molar-refractivity contribution in [3.63, 3.8) is 0 Å². The number of carbonyl (C=O) groups is 2. The number of aliphatic hydroxyl groups excluding tert-OH is 1. The number of benzene rings is 3. The molecule has 13 nitrogen and oxygen atoms in total. The molecular formula is C44H48N4O9Si. The Bertz CT molecular complexity index is 2430. The SMILES string of the molecule is COc1cccn(-c2ccc(CN3C(=O)[C@]4(O[C@H](CC(=O)N(CCO)Cc5ccccc5)[C@@H]([Si](C)(C)O)[C@@H]4C)c4cc(-n5cccc(OC)c5=O)ccc43)cc2)c1=O. The second kappa shape index (κ2) is 16.2. The number of hydrogen-bond acceptors (Lipinski definition) is 9. The van der Waals surface area contributed by atoms with E-state index in [2.05, 4.69) is 0 Å². The van der Waals surface area contributed by atoms with Gasteiger partial charge in [0.1, 0.15) is 0 Å². The van der Waals surface area contributed by atoms with Crippen molar-refractivity contribution in [1.82, 2.24) is 14.0 Å². The van der Waals surface area contributed by atoms with Crippen LogP contribution in [0.3, 0.4) is 0 Å². The van der Waals surface area contributed by atoms with Crippen LogP contribution in [0, 0.1) is 5.92 Å². The molecule has 2 aliphatic rings. The highest BCUT2D eigenvalue weighted by Gasteiger charge is 2.66. The number of methoxy groups -OCH3 is 2. The van der Waals surface area contributed by atoms with Gasteiger partial charge in [-0.25, -0.2) is 0 Å². The van der Waals surface area contributed by atoms with E-state index in [9.17, 15) is 24.3 Å². The molecular weight excluding hydrogens is 757 g/mol. The van der Waals surface area contributed by atoms with Gasteiger partial charge in [-0.2, -0.15) is 0 Å². The molecule has 1 spiro atoms. The Hall–Kier alpha value is -5.80. The zero-order valence-electron chi connectivity index (χ0n) is 33.2. The highest BCUT2D eigenvalue weighted by atomic mass is 28.4. The second-order valence-electron chi connectivity index (χ2n) is 15.4. The molecule has 5 aromatic rings. The number of rotatable bonds is 13. The van der Waals surface area contributed by atoms with Crippen LogP contribution in [0.4, 0.5) is 5.69 Å². The van der Waals surface area contributed by atoms with Crippen molar-refractivity contribution < 1.29 is 33.7 Å². The van der Waals surface area contributed by atoms with E-state index in [1.54, 1.807) is 89.9 Å². The zero-order chi connectivity index (χ0) is 41.4. The first-order chi connectivity index (χ1) is 27.8. The van der Waals surface area contributed by atoms with Crippen LogP contribution in [0.5, 0.6) is 11.5 Å². The number of nitrogens with zero attached hydrogens (tertiary/aromatic N) is 4. The summed E-state index contributed by atoms with van der Waals surface area (Å²) in [6.07, 6.45) is 2.32. The molecule has 0 unspecified atom stereocenters. The summed E-state index contributed by atoms with van der Waals surface area (Å²) in [6.45, 7) is 5.77. The third-order valence-corrected chi connectivity index (χ3v) is 13.9. The van der Waals surface area contributed by atoms with Crippen LogP contribution in [0.1, 0.15) is 30.0 Å². The molecule has 0 bridgehead atoms. The van der Waals surface area contributed by atoms with Gasteiger partial charge in [-0.15, -0.1) is 0 Å². The van der Waals surface area contributed by atoms with Gasteiger partial charge in [0.2, 0.25) is 5.91 Å². The van der Waals surface area contributed by atoms with Crippen LogP contribution in [0.15, 0.2) is 119 Å². The molecule has 0 saturated carbocycles. The number of anilines is 1. The van der Waals surface area contributed by atoms with Gasteiger partial charge in [0.25, 0.3) is 17.0 Å². The quantitative estimate of drug-likeness (QED) is 0.161. The van der Waals surface area contributed by atoms with Gasteiger partial charge in [0.15, 0.2) is 25.4 Å². The molecule has 2 amide bonds. The van der Waals surface area contributed by atoms with Crippen molar-refractivity contribution in [3.8, 4) is 22.9 Å². The average molecular weight is 805 g/mol. The van der Waals surface area contributed by atoms with Gasteiger partial charge in [0.05, 0.1) is 45.6 Å². The number of aromatic nitrogens is 2. The molecule has 1 saturated heterocycles. The minimum atomic E-state index is -3.16. The maximum Gasteiger partial charge on any atom is 0.297 e. The van der Waals surface area contributed by atoms with Crippen LogP contribution in [-0.4, -0.2) is 77.5 Å². The number of hydrogen-bond donors (Lipinski definition) is 2. The summed E-state index contributed by atoms with van der Waals surface area (Å²) in [5, 5.41) is 9.93. The van der Waals surface area contributed by atoms with E-state index in [0.29, 0.717) is 22.6 Å². The molecule has 302 valence electrons. The largest absolute Gasteiger partial charge is 0.491 e. The Morgan fingerprint density at radius 1 is 0.828 bits per heavy atom. The van der Waals surface area contributed by atoms with Crippen LogP contribution < -0.4 is 25.5 Å². The predicted octanol–water partition coefficient (Wildman–Crippen LogP) is 4.76. The number of ether oxygens (including phenoxy) is 3. The Balaban J connectivity index is 1.29. The van der Waals surface area contributed by atoms with Gasteiger partial charge >= 0.3 is 0 Å². The maximum absolute atomic E-state index is 15.3. The molecule has 14 heteroatoms. The van der Waals surface area contributed by atoms with Crippen molar-refractivity contribution in [2.24, 2.45) is 5.92 Å². The maximum atomic E-state index is 15.3. The fourth-order valence-corrected chi connectivity index (χ4v) is 11.3. The lowest BCUT2D eigenvalue weighted by Gasteiger charge is -2.32. The molecule has 58 heavy (non-hydrogen) atoms. The highest BCUT2D eigenvalue weighted by Crippen LogP contribution is 2.60. The molecule has 2 aromatic heterocycles. The van der Waals surface area contributed by atoms with E-state index in [4.69, 9.17) is 14.2 Å². The van der Waals surface area contributed by atoms with Crippen molar-refractivity contribution in [2.75, 3.05) is 32.3 Å². The van der Waals surface area contributed by atoms with E-state index in [0.717, 1.165) is 11.1 Å². The first kappa shape index (κ1) is 40.4. The minimum absolute atomic E-state index is 0.102. The Kier molecular flexibility index (Phi) is 11.3. The number of amides is 2. The first-order valence-electron chi connectivity index (χ1n) is 19.2. The lowest BCUT2D eigenvalue weighted by molar-refractivity contribution is -0.150. The van der Waals surface area contributed by atoms with E-state index >= 15 is 4.79 Å². The Morgan fingerprint density at radius 3 is 2.02 bits per heavy atom. The smallest absolute Gasteiger partial charge is 0.297 e. The summed E-state index contributed by atoms with van der Waals surface area (Å²) >= 11 is 0. The summed E-state index contributed by atoms with van der Waals surface area (Å²) in [5.74, 6) is -0.858. The van der Waals surface area contributed by atoms with Gasteiger partial charge in [0, 0.05) is 53.9 Å². The van der Waals surface area contributed by atoms with E-state index in [-0.39, 0.29) is 67.1 Å². The number of aliphatic hydroxyl groups is 1. The number of fused-ring (bicyclic) bond motifs is 2. The minimum Gasteiger partial charge on any atom is -0.491 e. The van der Waals surface area contributed by atoms with Gasteiger partial charge < -0.3 is 33.9 Å². The normalized spacial score (nSPS) is 20.0. The Morgan fingerprint density at radius 2 is 1.43 bits per heavy atom. The third-order valence-electron chi connectivity index (χ3n) is 11.4. The van der Waals surface area contributed by atoms with Crippen molar-refractivity contribution >= 4 is 25.8 Å². The van der Waals surface area contributed by atoms with Crippen molar-refractivity contribution in [2.45, 2.75) is 56.8 Å². The van der Waals surface area contributed by atoms with Crippen molar-refractivity contribution in [3.05, 3.63) is 147 Å². The highest BCUT2D eigenvalue weighted by molar-refractivity contribution is 6.71. The second-order valence-corrected chi connectivity index (χ2v) is 19.3. The molecule has 4 atom stereocenters. The molecule has 7 rings (SSSR count). The van der Waals surface area contributed by atoms with Gasteiger partial charge in [-0.1, -0.05) is 49.4 Å². The summed E-state index contributed by atoms with van der Waals surface area (Å²) < 4.78 is 20.5. The zero-order valence-corrected chi connectivity index (χ0v) is 34.2. The summed E-state index contributed by atoms with van der Waals surface area (Å²) in [4.78, 5) is 70.9. The van der Waals surface area contributed by atoms with Crippen LogP contribution >= 0.6 is 0 Å². The van der Waals surface area contributed by atoms with Gasteiger partial charge in [-0.05, 0) is 78.8 Å². The predicted molar refractivity (Wildman–Crippen MR) is 221 cm³/mol. The number of carbonyl (C=O) groups excluding carboxylic acids is 2. The number of pyridine rings is 2. The summed E-state index contributed by atoms with van der Waals surface area (Å²) in [6, 6.07) is 28.7.